The Hall–Kier alpha value is -3.35. The summed E-state index contributed by atoms with van der Waals surface area (Å²) in [5.74, 6) is -0.113. The second-order valence-electron chi connectivity index (χ2n) is 7.25. The maximum Gasteiger partial charge on any atom is 0.338 e. The summed E-state index contributed by atoms with van der Waals surface area (Å²) in [6.45, 7) is 6.37. The molecule has 0 saturated carbocycles. The van der Waals surface area contributed by atoms with E-state index in [2.05, 4.69) is 5.32 Å². The van der Waals surface area contributed by atoms with Crippen LogP contribution in [0.2, 0.25) is 0 Å². The predicted octanol–water partition coefficient (Wildman–Crippen LogP) is 3.70. The van der Waals surface area contributed by atoms with Crippen LogP contribution in [0.4, 0.5) is 11.4 Å². The smallest absolute Gasteiger partial charge is 0.338 e. The lowest BCUT2D eigenvalue weighted by Gasteiger charge is -2.33. The number of esters is 1. The van der Waals surface area contributed by atoms with Gasteiger partial charge >= 0.3 is 5.97 Å². The van der Waals surface area contributed by atoms with Gasteiger partial charge in [-0.05, 0) is 62.7 Å². The first-order chi connectivity index (χ1) is 14.4. The molecule has 30 heavy (non-hydrogen) atoms. The summed E-state index contributed by atoms with van der Waals surface area (Å²) in [6, 6.07) is 12.2. The van der Waals surface area contributed by atoms with Gasteiger partial charge in [-0.15, -0.1) is 0 Å². The lowest BCUT2D eigenvalue weighted by Crippen LogP contribution is -2.42. The van der Waals surface area contributed by atoms with Crippen molar-refractivity contribution in [1.29, 1.82) is 0 Å². The van der Waals surface area contributed by atoms with Crippen molar-refractivity contribution < 1.29 is 23.9 Å². The van der Waals surface area contributed by atoms with Crippen LogP contribution >= 0.6 is 0 Å². The predicted molar refractivity (Wildman–Crippen MR) is 114 cm³/mol. The molecule has 1 aliphatic heterocycles. The molecule has 158 valence electrons. The normalized spacial score (nSPS) is 15.0. The number of hydrogen-bond acceptors (Lipinski definition) is 5. The second-order valence-corrected chi connectivity index (χ2v) is 7.25. The van der Waals surface area contributed by atoms with Crippen molar-refractivity contribution in [3.05, 3.63) is 53.6 Å². The summed E-state index contributed by atoms with van der Waals surface area (Å²) in [4.78, 5) is 38.5. The molecule has 2 amide bonds. The molecule has 0 fully saturated rings. The van der Waals surface area contributed by atoms with E-state index in [1.54, 1.807) is 36.1 Å². The Morgan fingerprint density at radius 1 is 1.13 bits per heavy atom. The molecule has 0 radical (unpaired) electrons. The lowest BCUT2D eigenvalue weighted by molar-refractivity contribution is -0.122. The van der Waals surface area contributed by atoms with Crippen LogP contribution in [0.25, 0.3) is 0 Å². The van der Waals surface area contributed by atoms with Crippen molar-refractivity contribution in [2.45, 2.75) is 39.7 Å². The summed E-state index contributed by atoms with van der Waals surface area (Å²) in [5, 5.41) is 2.75. The number of ether oxygens (including phenoxy) is 2. The highest BCUT2D eigenvalue weighted by Crippen LogP contribution is 2.34. The molecule has 2 aromatic carbocycles. The molecule has 1 aliphatic rings. The Morgan fingerprint density at radius 2 is 1.87 bits per heavy atom. The van der Waals surface area contributed by atoms with Gasteiger partial charge in [-0.1, -0.05) is 6.07 Å². The van der Waals surface area contributed by atoms with Crippen molar-refractivity contribution in [3.8, 4) is 5.75 Å². The number of carbonyl (C=O) groups is 3. The quantitative estimate of drug-likeness (QED) is 0.734. The van der Waals surface area contributed by atoms with Crippen LogP contribution in [-0.4, -0.2) is 37.0 Å². The highest BCUT2D eigenvalue weighted by molar-refractivity contribution is 5.99. The van der Waals surface area contributed by atoms with Gasteiger partial charge in [-0.3, -0.25) is 9.59 Å². The fourth-order valence-electron chi connectivity index (χ4n) is 3.27. The van der Waals surface area contributed by atoms with Crippen molar-refractivity contribution in [3.63, 3.8) is 0 Å². The SMILES string of the molecule is CCOC(=O)c1ccc(NC(=O)CCC(=O)N2CC(C)Oc3ccc(C)cc32)cc1. The third kappa shape index (κ3) is 5.17. The van der Waals surface area contributed by atoms with Gasteiger partial charge in [-0.2, -0.15) is 0 Å². The van der Waals surface area contributed by atoms with Gasteiger partial charge < -0.3 is 19.7 Å². The molecule has 7 nitrogen and oxygen atoms in total. The average molecular weight is 410 g/mol. The number of fused-ring (bicyclic) bond motifs is 1. The molecule has 1 atom stereocenters. The van der Waals surface area contributed by atoms with E-state index >= 15 is 0 Å². The Balaban J connectivity index is 1.57. The van der Waals surface area contributed by atoms with E-state index in [0.717, 1.165) is 11.3 Å². The third-order valence-corrected chi connectivity index (χ3v) is 4.72. The summed E-state index contributed by atoms with van der Waals surface area (Å²) in [7, 11) is 0. The minimum atomic E-state index is -0.406. The molecule has 0 saturated heterocycles. The molecule has 1 N–H and O–H groups in total. The van der Waals surface area contributed by atoms with E-state index in [-0.39, 0.29) is 30.8 Å². The first-order valence-corrected chi connectivity index (χ1v) is 10.0. The van der Waals surface area contributed by atoms with Gasteiger partial charge in [0.15, 0.2) is 0 Å². The van der Waals surface area contributed by atoms with Crippen LogP contribution in [0, 0.1) is 6.92 Å². The van der Waals surface area contributed by atoms with Crippen molar-refractivity contribution in [1.82, 2.24) is 0 Å². The Morgan fingerprint density at radius 3 is 2.57 bits per heavy atom. The molecule has 0 bridgehead atoms. The molecular weight excluding hydrogens is 384 g/mol. The van der Waals surface area contributed by atoms with Crippen LogP contribution in [0.1, 0.15) is 42.6 Å². The van der Waals surface area contributed by atoms with Crippen molar-refractivity contribution >= 4 is 29.2 Å². The van der Waals surface area contributed by atoms with E-state index in [1.807, 2.05) is 32.0 Å². The van der Waals surface area contributed by atoms with Gasteiger partial charge in [0.2, 0.25) is 11.8 Å². The van der Waals surface area contributed by atoms with Crippen LogP contribution in [0.15, 0.2) is 42.5 Å². The largest absolute Gasteiger partial charge is 0.487 e. The second kappa shape index (κ2) is 9.43. The topological polar surface area (TPSA) is 84.9 Å². The Bertz CT molecular complexity index is 939. The zero-order valence-electron chi connectivity index (χ0n) is 17.4. The van der Waals surface area contributed by atoms with Crippen molar-refractivity contribution in [2.75, 3.05) is 23.4 Å². The number of nitrogens with zero attached hydrogens (tertiary/aromatic N) is 1. The fraction of sp³-hybridized carbons (Fsp3) is 0.348. The molecule has 1 heterocycles. The molecule has 2 aromatic rings. The highest BCUT2D eigenvalue weighted by Gasteiger charge is 2.27. The highest BCUT2D eigenvalue weighted by atomic mass is 16.5. The number of carbonyl (C=O) groups excluding carboxylic acids is 3. The number of benzene rings is 2. The zero-order valence-corrected chi connectivity index (χ0v) is 17.4. The first kappa shape index (κ1) is 21.4. The van der Waals surface area contributed by atoms with Gasteiger partial charge in [-0.25, -0.2) is 4.79 Å². The number of anilines is 2. The zero-order chi connectivity index (χ0) is 21.7. The maximum absolute atomic E-state index is 12.8. The third-order valence-electron chi connectivity index (χ3n) is 4.72. The lowest BCUT2D eigenvalue weighted by atomic mass is 10.1. The molecule has 0 spiro atoms. The summed E-state index contributed by atoms with van der Waals surface area (Å²) in [5.41, 5.74) is 2.75. The van der Waals surface area contributed by atoms with Gasteiger partial charge in [0.25, 0.3) is 0 Å². The molecule has 1 unspecified atom stereocenters. The van der Waals surface area contributed by atoms with Gasteiger partial charge in [0.1, 0.15) is 11.9 Å². The van der Waals surface area contributed by atoms with E-state index in [9.17, 15) is 14.4 Å². The summed E-state index contributed by atoms with van der Waals surface area (Å²) < 4.78 is 10.7. The van der Waals surface area contributed by atoms with E-state index in [4.69, 9.17) is 9.47 Å². The summed E-state index contributed by atoms with van der Waals surface area (Å²) >= 11 is 0. The molecule has 0 aromatic heterocycles. The monoisotopic (exact) mass is 410 g/mol. The number of nitrogens with one attached hydrogen (secondary N) is 1. The van der Waals surface area contributed by atoms with Crippen LogP contribution in [0.5, 0.6) is 5.75 Å². The number of hydrogen-bond donors (Lipinski definition) is 1. The number of amides is 2. The van der Waals surface area contributed by atoms with Crippen LogP contribution < -0.4 is 15.0 Å². The molecule has 3 rings (SSSR count). The number of rotatable bonds is 6. The van der Waals surface area contributed by atoms with Gasteiger partial charge in [0, 0.05) is 18.5 Å². The molecule has 7 heteroatoms. The minimum Gasteiger partial charge on any atom is -0.487 e. The van der Waals surface area contributed by atoms with E-state index in [1.165, 1.54) is 0 Å². The van der Waals surface area contributed by atoms with Crippen LogP contribution in [-0.2, 0) is 14.3 Å². The number of aryl methyl sites for hydroxylation is 1. The van der Waals surface area contributed by atoms with Crippen molar-refractivity contribution in [2.24, 2.45) is 0 Å². The standard InChI is InChI=1S/C23H26N2O5/c1-4-29-23(28)17-6-8-18(9-7-17)24-21(26)11-12-22(27)25-14-16(3)30-20-10-5-15(2)13-19(20)25/h5-10,13,16H,4,11-12,14H2,1-3H3,(H,24,26). The molecular formula is C23H26N2O5. The minimum absolute atomic E-state index is 0.0609. The first-order valence-electron chi connectivity index (χ1n) is 10.0. The van der Waals surface area contributed by atoms with Gasteiger partial charge in [0.05, 0.1) is 24.4 Å². The summed E-state index contributed by atoms with van der Waals surface area (Å²) in [6.07, 6.45) is 0.0361. The average Bonchev–Trinajstić information content (AvgIpc) is 2.72. The van der Waals surface area contributed by atoms with E-state index < -0.39 is 5.97 Å². The maximum atomic E-state index is 12.8. The van der Waals surface area contributed by atoms with Crippen LogP contribution in [0.3, 0.4) is 0 Å². The Labute approximate surface area is 176 Å². The fourth-order valence-corrected chi connectivity index (χ4v) is 3.27. The Kier molecular flexibility index (Phi) is 6.72. The molecule has 0 aliphatic carbocycles. The van der Waals surface area contributed by atoms with E-state index in [0.29, 0.717) is 30.2 Å².